The van der Waals surface area contributed by atoms with Gasteiger partial charge in [0, 0.05) is 39.1 Å². The second-order valence-corrected chi connectivity index (χ2v) is 5.71. The minimum Gasteiger partial charge on any atom is -0.392 e. The van der Waals surface area contributed by atoms with E-state index in [4.69, 9.17) is 0 Å². The Bertz CT molecular complexity index is 322. The third kappa shape index (κ3) is 4.32. The van der Waals surface area contributed by atoms with Crippen LogP contribution in [0.4, 0.5) is 0 Å². The van der Waals surface area contributed by atoms with Gasteiger partial charge in [-0.05, 0) is 25.2 Å². The Morgan fingerprint density at radius 2 is 2.11 bits per heavy atom. The van der Waals surface area contributed by atoms with E-state index < -0.39 is 0 Å². The van der Waals surface area contributed by atoms with Gasteiger partial charge in [-0.2, -0.15) is 0 Å². The first-order chi connectivity index (χ1) is 9.19. The molecule has 1 saturated heterocycles. The Morgan fingerprint density at radius 1 is 1.37 bits per heavy atom. The summed E-state index contributed by atoms with van der Waals surface area (Å²) >= 11 is 0. The van der Waals surface area contributed by atoms with Gasteiger partial charge in [-0.15, -0.1) is 0 Å². The van der Waals surface area contributed by atoms with Gasteiger partial charge < -0.3 is 10.0 Å². The zero-order chi connectivity index (χ0) is 13.7. The number of β-amino-alcohol motifs (C(OH)–C–C–N with tert-alkyl or cyclic N) is 1. The highest BCUT2D eigenvalue weighted by molar-refractivity contribution is 5.76. The minimum absolute atomic E-state index is 0.231. The molecule has 1 heterocycles. The standard InChI is InChI=1S/C15H26N2O2/c1-2-14(18)12-16-7-9-17(10-8-16)15(19)11-13-5-3-4-6-13/h3,5,13-14,18H,2,4,6-12H2,1H3/t13-,14-/m1/s1. The summed E-state index contributed by atoms with van der Waals surface area (Å²) in [4.78, 5) is 16.4. The summed E-state index contributed by atoms with van der Waals surface area (Å²) in [7, 11) is 0. The van der Waals surface area contributed by atoms with Crippen molar-refractivity contribution in [2.45, 2.75) is 38.7 Å². The van der Waals surface area contributed by atoms with Crippen LogP contribution in [0.5, 0.6) is 0 Å². The summed E-state index contributed by atoms with van der Waals surface area (Å²) in [5, 5.41) is 9.65. The van der Waals surface area contributed by atoms with Crippen LogP contribution in [-0.4, -0.2) is 59.6 Å². The molecule has 1 N–H and O–H groups in total. The molecule has 0 saturated carbocycles. The van der Waals surface area contributed by atoms with Gasteiger partial charge in [0.15, 0.2) is 0 Å². The summed E-state index contributed by atoms with van der Waals surface area (Å²) in [6, 6.07) is 0. The smallest absolute Gasteiger partial charge is 0.223 e. The third-order valence-electron chi connectivity index (χ3n) is 4.21. The van der Waals surface area contributed by atoms with Crippen molar-refractivity contribution < 1.29 is 9.90 Å². The van der Waals surface area contributed by atoms with Crippen LogP contribution >= 0.6 is 0 Å². The van der Waals surface area contributed by atoms with Crippen LogP contribution in [0, 0.1) is 5.92 Å². The molecule has 1 fully saturated rings. The van der Waals surface area contributed by atoms with Crippen LogP contribution in [0.15, 0.2) is 12.2 Å². The highest BCUT2D eigenvalue weighted by Crippen LogP contribution is 2.21. The molecule has 2 atom stereocenters. The van der Waals surface area contributed by atoms with E-state index in [9.17, 15) is 9.90 Å². The highest BCUT2D eigenvalue weighted by atomic mass is 16.3. The van der Waals surface area contributed by atoms with Gasteiger partial charge >= 0.3 is 0 Å². The van der Waals surface area contributed by atoms with Gasteiger partial charge in [0.1, 0.15) is 0 Å². The lowest BCUT2D eigenvalue weighted by Crippen LogP contribution is -2.50. The summed E-state index contributed by atoms with van der Waals surface area (Å²) in [6.07, 6.45) is 7.87. The molecule has 0 spiro atoms. The monoisotopic (exact) mass is 266 g/mol. The maximum Gasteiger partial charge on any atom is 0.223 e. The molecule has 2 rings (SSSR count). The van der Waals surface area contributed by atoms with Crippen molar-refractivity contribution in [2.75, 3.05) is 32.7 Å². The van der Waals surface area contributed by atoms with E-state index in [0.717, 1.165) is 52.0 Å². The molecular formula is C15H26N2O2. The van der Waals surface area contributed by atoms with Gasteiger partial charge in [-0.25, -0.2) is 0 Å². The molecule has 4 nitrogen and oxygen atoms in total. The van der Waals surface area contributed by atoms with Crippen molar-refractivity contribution >= 4 is 5.91 Å². The molecule has 0 aromatic carbocycles. The number of carbonyl (C=O) groups excluding carboxylic acids is 1. The molecule has 0 aromatic rings. The number of aliphatic hydroxyl groups excluding tert-OH is 1. The van der Waals surface area contributed by atoms with E-state index in [1.165, 1.54) is 0 Å². The predicted octanol–water partition coefficient (Wildman–Crippen LogP) is 1.26. The predicted molar refractivity (Wildman–Crippen MR) is 75.8 cm³/mol. The molecule has 1 aliphatic carbocycles. The van der Waals surface area contributed by atoms with Crippen molar-refractivity contribution in [1.29, 1.82) is 0 Å². The molecule has 19 heavy (non-hydrogen) atoms. The number of carbonyl (C=O) groups is 1. The van der Waals surface area contributed by atoms with Crippen molar-refractivity contribution in [1.82, 2.24) is 9.80 Å². The Hall–Kier alpha value is -0.870. The Labute approximate surface area is 116 Å². The van der Waals surface area contributed by atoms with Gasteiger partial charge in [-0.1, -0.05) is 19.1 Å². The number of amides is 1. The molecule has 108 valence electrons. The summed E-state index contributed by atoms with van der Waals surface area (Å²) in [5.41, 5.74) is 0. The number of piperazine rings is 1. The van der Waals surface area contributed by atoms with E-state index in [-0.39, 0.29) is 6.10 Å². The van der Waals surface area contributed by atoms with Gasteiger partial charge in [0.25, 0.3) is 0 Å². The van der Waals surface area contributed by atoms with Crippen molar-refractivity contribution in [2.24, 2.45) is 5.92 Å². The van der Waals surface area contributed by atoms with Gasteiger partial charge in [-0.3, -0.25) is 9.69 Å². The fraction of sp³-hybridized carbons (Fsp3) is 0.800. The van der Waals surface area contributed by atoms with E-state index in [2.05, 4.69) is 17.1 Å². The lowest BCUT2D eigenvalue weighted by atomic mass is 10.0. The number of hydrogen-bond acceptors (Lipinski definition) is 3. The average molecular weight is 266 g/mol. The number of hydrogen-bond donors (Lipinski definition) is 1. The van der Waals surface area contributed by atoms with Crippen molar-refractivity contribution in [3.05, 3.63) is 12.2 Å². The SMILES string of the molecule is CC[C@@H](O)CN1CCN(C(=O)C[C@@H]2C=CCC2)CC1. The number of allylic oxidation sites excluding steroid dienone is 2. The first-order valence-corrected chi connectivity index (χ1v) is 7.54. The zero-order valence-electron chi connectivity index (χ0n) is 11.9. The maximum atomic E-state index is 12.2. The lowest BCUT2D eigenvalue weighted by molar-refractivity contribution is -0.133. The zero-order valence-corrected chi connectivity index (χ0v) is 11.9. The van der Waals surface area contributed by atoms with Crippen LogP contribution in [0.2, 0.25) is 0 Å². The van der Waals surface area contributed by atoms with E-state index in [1.807, 2.05) is 11.8 Å². The highest BCUT2D eigenvalue weighted by Gasteiger charge is 2.24. The molecule has 0 aromatic heterocycles. The Kier molecular flexibility index (Phi) is 5.40. The molecule has 1 aliphatic heterocycles. The molecule has 0 radical (unpaired) electrons. The van der Waals surface area contributed by atoms with Crippen LogP contribution in [0.3, 0.4) is 0 Å². The van der Waals surface area contributed by atoms with Crippen LogP contribution in [-0.2, 0) is 4.79 Å². The maximum absolute atomic E-state index is 12.2. The number of nitrogens with zero attached hydrogens (tertiary/aromatic N) is 2. The second kappa shape index (κ2) is 7.06. The van der Waals surface area contributed by atoms with Crippen LogP contribution in [0.1, 0.15) is 32.6 Å². The summed E-state index contributed by atoms with van der Waals surface area (Å²) in [5.74, 6) is 0.764. The van der Waals surface area contributed by atoms with Crippen LogP contribution in [0.25, 0.3) is 0 Å². The second-order valence-electron chi connectivity index (χ2n) is 5.71. The molecule has 2 aliphatic rings. The Balaban J connectivity index is 1.70. The average Bonchev–Trinajstić information content (AvgIpc) is 2.92. The van der Waals surface area contributed by atoms with Crippen molar-refractivity contribution in [3.63, 3.8) is 0 Å². The fourth-order valence-electron chi connectivity index (χ4n) is 2.83. The first kappa shape index (κ1) is 14.5. The molecular weight excluding hydrogens is 240 g/mol. The minimum atomic E-state index is -0.231. The van der Waals surface area contributed by atoms with Gasteiger partial charge in [0.05, 0.1) is 6.10 Å². The topological polar surface area (TPSA) is 43.8 Å². The van der Waals surface area contributed by atoms with Crippen LogP contribution < -0.4 is 0 Å². The quantitative estimate of drug-likeness (QED) is 0.762. The number of aliphatic hydroxyl groups is 1. The summed E-state index contributed by atoms with van der Waals surface area (Å²) < 4.78 is 0. The normalized spacial score (nSPS) is 25.8. The summed E-state index contributed by atoms with van der Waals surface area (Å²) in [6.45, 7) is 6.15. The first-order valence-electron chi connectivity index (χ1n) is 7.54. The van der Waals surface area contributed by atoms with Crippen molar-refractivity contribution in [3.8, 4) is 0 Å². The molecule has 0 bridgehead atoms. The molecule has 0 unspecified atom stereocenters. The third-order valence-corrected chi connectivity index (χ3v) is 4.21. The fourth-order valence-corrected chi connectivity index (χ4v) is 2.83. The van der Waals surface area contributed by atoms with E-state index >= 15 is 0 Å². The lowest BCUT2D eigenvalue weighted by Gasteiger charge is -2.36. The van der Waals surface area contributed by atoms with E-state index in [0.29, 0.717) is 18.2 Å². The molecule has 4 heteroatoms. The van der Waals surface area contributed by atoms with Gasteiger partial charge in [0.2, 0.25) is 5.91 Å². The Morgan fingerprint density at radius 3 is 2.68 bits per heavy atom. The number of rotatable bonds is 5. The van der Waals surface area contributed by atoms with E-state index in [1.54, 1.807) is 0 Å². The largest absolute Gasteiger partial charge is 0.392 e. The molecule has 1 amide bonds.